The standard InChI is InChI=1S/C6H10NO3/c1-9-5-3-7-6(8)2-4-10-7/h2H,3-5H2,1H3. The van der Waals surface area contributed by atoms with Crippen molar-refractivity contribution in [3.8, 4) is 0 Å². The molecule has 0 aromatic rings. The van der Waals surface area contributed by atoms with Crippen molar-refractivity contribution in [3.05, 3.63) is 6.42 Å². The molecule has 10 heavy (non-hydrogen) atoms. The Morgan fingerprint density at radius 2 is 2.70 bits per heavy atom. The second kappa shape index (κ2) is 3.53. The summed E-state index contributed by atoms with van der Waals surface area (Å²) < 4.78 is 4.76. The van der Waals surface area contributed by atoms with E-state index in [-0.39, 0.29) is 5.91 Å². The summed E-state index contributed by atoms with van der Waals surface area (Å²) in [5.41, 5.74) is 0. The molecule has 1 aliphatic heterocycles. The molecule has 0 N–H and O–H groups in total. The number of amides is 1. The Morgan fingerprint density at radius 1 is 1.90 bits per heavy atom. The highest BCUT2D eigenvalue weighted by Gasteiger charge is 2.20. The number of nitrogens with zero attached hydrogens (tertiary/aromatic N) is 1. The topological polar surface area (TPSA) is 38.8 Å². The summed E-state index contributed by atoms with van der Waals surface area (Å²) in [6.45, 7) is 1.41. The average molecular weight is 144 g/mol. The van der Waals surface area contributed by atoms with Crippen LogP contribution in [-0.4, -0.2) is 37.8 Å². The zero-order valence-electron chi connectivity index (χ0n) is 5.87. The molecule has 1 radical (unpaired) electrons. The summed E-state index contributed by atoms with van der Waals surface area (Å²) in [6, 6.07) is 0. The van der Waals surface area contributed by atoms with Gasteiger partial charge in [0.2, 0.25) is 0 Å². The average Bonchev–Trinajstić information content (AvgIpc) is 2.31. The first kappa shape index (κ1) is 7.50. The minimum absolute atomic E-state index is 0.0722. The van der Waals surface area contributed by atoms with E-state index in [1.807, 2.05) is 0 Å². The fourth-order valence-electron chi connectivity index (χ4n) is 0.713. The summed E-state index contributed by atoms with van der Waals surface area (Å²) in [5.74, 6) is -0.0722. The molecule has 1 amide bonds. The van der Waals surface area contributed by atoms with Crippen molar-refractivity contribution < 1.29 is 14.4 Å². The Hall–Kier alpha value is -0.610. The Balaban J connectivity index is 2.20. The van der Waals surface area contributed by atoms with E-state index < -0.39 is 0 Å². The molecule has 0 aromatic carbocycles. The molecule has 0 aliphatic carbocycles. The highest BCUT2D eigenvalue weighted by molar-refractivity contribution is 5.85. The van der Waals surface area contributed by atoms with Crippen LogP contribution >= 0.6 is 0 Å². The zero-order chi connectivity index (χ0) is 7.40. The number of ether oxygens (including phenoxy) is 1. The molecular weight excluding hydrogens is 134 g/mol. The van der Waals surface area contributed by atoms with Crippen molar-refractivity contribution in [2.45, 2.75) is 0 Å². The van der Waals surface area contributed by atoms with Gasteiger partial charge in [0.05, 0.1) is 26.2 Å². The lowest BCUT2D eigenvalue weighted by atomic mass is 10.4. The maximum Gasteiger partial charge on any atom is 0.252 e. The Bertz CT molecular complexity index is 126. The lowest BCUT2D eigenvalue weighted by Gasteiger charge is -2.11. The van der Waals surface area contributed by atoms with Crippen molar-refractivity contribution in [1.29, 1.82) is 0 Å². The highest BCUT2D eigenvalue weighted by atomic mass is 16.7. The monoisotopic (exact) mass is 144 g/mol. The van der Waals surface area contributed by atoms with E-state index >= 15 is 0 Å². The predicted octanol–water partition coefficient (Wildman–Crippen LogP) is -0.389. The van der Waals surface area contributed by atoms with Crippen LogP contribution in [0.1, 0.15) is 0 Å². The van der Waals surface area contributed by atoms with E-state index in [2.05, 4.69) is 0 Å². The summed E-state index contributed by atoms with van der Waals surface area (Å²) in [6.07, 6.45) is 1.50. The number of hydrogen-bond acceptors (Lipinski definition) is 3. The molecule has 0 bridgehead atoms. The number of rotatable bonds is 3. The first-order valence-electron chi connectivity index (χ1n) is 3.11. The minimum atomic E-state index is -0.0722. The first-order chi connectivity index (χ1) is 4.84. The third-order valence-electron chi connectivity index (χ3n) is 1.23. The van der Waals surface area contributed by atoms with E-state index in [0.717, 1.165) is 0 Å². The number of hydrogen-bond donors (Lipinski definition) is 0. The smallest absolute Gasteiger partial charge is 0.252 e. The van der Waals surface area contributed by atoms with E-state index in [4.69, 9.17) is 9.57 Å². The number of hydroxylamine groups is 2. The van der Waals surface area contributed by atoms with Gasteiger partial charge in [0.25, 0.3) is 5.91 Å². The van der Waals surface area contributed by atoms with Gasteiger partial charge in [0.1, 0.15) is 0 Å². The van der Waals surface area contributed by atoms with Gasteiger partial charge in [-0.15, -0.1) is 0 Å². The molecule has 0 saturated carbocycles. The van der Waals surface area contributed by atoms with Crippen LogP contribution in [0, 0.1) is 6.42 Å². The van der Waals surface area contributed by atoms with Gasteiger partial charge in [-0.2, -0.15) is 0 Å². The van der Waals surface area contributed by atoms with Crippen molar-refractivity contribution in [1.82, 2.24) is 5.06 Å². The quantitative estimate of drug-likeness (QED) is 0.541. The lowest BCUT2D eigenvalue weighted by molar-refractivity contribution is -0.163. The maximum atomic E-state index is 10.8. The molecule has 1 rings (SSSR count). The molecule has 57 valence electrons. The second-order valence-electron chi connectivity index (χ2n) is 1.93. The largest absolute Gasteiger partial charge is 0.383 e. The summed E-state index contributed by atoms with van der Waals surface area (Å²) in [5, 5.41) is 1.30. The van der Waals surface area contributed by atoms with Gasteiger partial charge in [-0.25, -0.2) is 5.06 Å². The SMILES string of the molecule is COCCN1OC[CH]C1=O. The van der Waals surface area contributed by atoms with Gasteiger partial charge in [-0.3, -0.25) is 9.63 Å². The molecule has 1 heterocycles. The number of carbonyl (C=O) groups is 1. The molecule has 0 spiro atoms. The number of methoxy groups -OCH3 is 1. The third kappa shape index (κ3) is 1.68. The van der Waals surface area contributed by atoms with Gasteiger partial charge in [-0.1, -0.05) is 0 Å². The molecule has 0 atom stereocenters. The third-order valence-corrected chi connectivity index (χ3v) is 1.23. The van der Waals surface area contributed by atoms with E-state index in [9.17, 15) is 4.79 Å². The Morgan fingerprint density at radius 3 is 3.20 bits per heavy atom. The van der Waals surface area contributed by atoms with Crippen LogP contribution in [0.25, 0.3) is 0 Å². The van der Waals surface area contributed by atoms with Gasteiger partial charge < -0.3 is 4.74 Å². The van der Waals surface area contributed by atoms with Crippen LogP contribution in [0.15, 0.2) is 0 Å². The molecule has 0 aromatic heterocycles. The summed E-state index contributed by atoms with van der Waals surface area (Å²) >= 11 is 0. The van der Waals surface area contributed by atoms with E-state index in [0.29, 0.717) is 19.8 Å². The van der Waals surface area contributed by atoms with Crippen LogP contribution in [0.3, 0.4) is 0 Å². The number of carbonyl (C=O) groups excluding carboxylic acids is 1. The Labute approximate surface area is 59.7 Å². The second-order valence-corrected chi connectivity index (χ2v) is 1.93. The fraction of sp³-hybridized carbons (Fsp3) is 0.667. The molecular formula is C6H10NO3. The van der Waals surface area contributed by atoms with Gasteiger partial charge in [0, 0.05) is 7.11 Å². The molecule has 4 nitrogen and oxygen atoms in total. The van der Waals surface area contributed by atoms with Crippen LogP contribution in [-0.2, 0) is 14.4 Å². The molecule has 4 heteroatoms. The maximum absolute atomic E-state index is 10.8. The summed E-state index contributed by atoms with van der Waals surface area (Å²) in [7, 11) is 1.59. The molecule has 0 unspecified atom stereocenters. The minimum Gasteiger partial charge on any atom is -0.383 e. The Kier molecular flexibility index (Phi) is 2.65. The van der Waals surface area contributed by atoms with Crippen LogP contribution in [0.4, 0.5) is 0 Å². The van der Waals surface area contributed by atoms with E-state index in [1.54, 1.807) is 7.11 Å². The van der Waals surface area contributed by atoms with Crippen molar-refractivity contribution in [3.63, 3.8) is 0 Å². The molecule has 1 saturated heterocycles. The van der Waals surface area contributed by atoms with Crippen molar-refractivity contribution >= 4 is 5.91 Å². The van der Waals surface area contributed by atoms with Crippen molar-refractivity contribution in [2.75, 3.05) is 26.9 Å². The highest BCUT2D eigenvalue weighted by Crippen LogP contribution is 2.03. The van der Waals surface area contributed by atoms with Crippen LogP contribution in [0.5, 0.6) is 0 Å². The predicted molar refractivity (Wildman–Crippen MR) is 33.8 cm³/mol. The van der Waals surface area contributed by atoms with Crippen molar-refractivity contribution in [2.24, 2.45) is 0 Å². The van der Waals surface area contributed by atoms with Crippen LogP contribution in [0.2, 0.25) is 0 Å². The zero-order valence-corrected chi connectivity index (χ0v) is 5.87. The van der Waals surface area contributed by atoms with E-state index in [1.165, 1.54) is 11.5 Å². The van der Waals surface area contributed by atoms with Crippen LogP contribution < -0.4 is 0 Å². The fourth-order valence-corrected chi connectivity index (χ4v) is 0.713. The summed E-state index contributed by atoms with van der Waals surface area (Å²) in [4.78, 5) is 15.7. The normalized spacial score (nSPS) is 18.5. The molecule has 1 aliphatic rings. The van der Waals surface area contributed by atoms with Gasteiger partial charge >= 0.3 is 0 Å². The van der Waals surface area contributed by atoms with Gasteiger partial charge in [-0.05, 0) is 0 Å². The lowest BCUT2D eigenvalue weighted by Crippen LogP contribution is -2.27. The first-order valence-corrected chi connectivity index (χ1v) is 3.11. The molecule has 1 fully saturated rings. The van der Waals surface area contributed by atoms with Gasteiger partial charge in [0.15, 0.2) is 0 Å².